The summed E-state index contributed by atoms with van der Waals surface area (Å²) in [6.45, 7) is 5.16. The maximum atomic E-state index is 11.5. The molecule has 0 amide bonds. The quantitative estimate of drug-likeness (QED) is 0.742. The van der Waals surface area contributed by atoms with E-state index in [1.54, 1.807) is 0 Å². The second kappa shape index (κ2) is 5.38. The summed E-state index contributed by atoms with van der Waals surface area (Å²) in [4.78, 5) is 14.0. The predicted molar refractivity (Wildman–Crippen MR) is 68.0 cm³/mol. The Kier molecular flexibility index (Phi) is 4.08. The van der Waals surface area contributed by atoms with Crippen LogP contribution in [0.5, 0.6) is 0 Å². The Balaban J connectivity index is 1.95. The molecule has 0 aliphatic heterocycles. The van der Waals surface area contributed by atoms with Crippen LogP contribution in [-0.2, 0) is 4.79 Å². The van der Waals surface area contributed by atoms with Gasteiger partial charge >= 0.3 is 5.97 Å². The van der Waals surface area contributed by atoms with Crippen molar-refractivity contribution in [1.82, 2.24) is 4.90 Å². The van der Waals surface area contributed by atoms with Crippen molar-refractivity contribution in [2.45, 2.75) is 51.9 Å². The van der Waals surface area contributed by atoms with Crippen LogP contribution < -0.4 is 0 Å². The van der Waals surface area contributed by atoms with Gasteiger partial charge in [0, 0.05) is 13.1 Å². The van der Waals surface area contributed by atoms with Gasteiger partial charge in [0.1, 0.15) is 0 Å². The molecule has 2 fully saturated rings. The van der Waals surface area contributed by atoms with Crippen LogP contribution >= 0.6 is 0 Å². The summed E-state index contributed by atoms with van der Waals surface area (Å²) < 4.78 is 0. The Bertz CT molecular complexity index is 267. The molecule has 0 atom stereocenters. The molecule has 2 saturated carbocycles. The van der Waals surface area contributed by atoms with Crippen LogP contribution in [0.15, 0.2) is 0 Å². The lowest BCUT2D eigenvalue weighted by molar-refractivity contribution is -0.150. The standard InChI is InChI=1S/C14H25NO2/c1-2-9-15(10-12-5-6-12)11-14(13(16)17)7-3-4-8-14/h12H,2-11H2,1H3,(H,16,17). The summed E-state index contributed by atoms with van der Waals surface area (Å²) in [5.74, 6) is 0.292. The highest BCUT2D eigenvalue weighted by atomic mass is 16.4. The summed E-state index contributed by atoms with van der Waals surface area (Å²) in [6.07, 6.45) is 7.77. The van der Waals surface area contributed by atoms with Crippen molar-refractivity contribution in [3.63, 3.8) is 0 Å². The highest BCUT2D eigenvalue weighted by Crippen LogP contribution is 2.40. The lowest BCUT2D eigenvalue weighted by Crippen LogP contribution is -2.42. The summed E-state index contributed by atoms with van der Waals surface area (Å²) in [5.41, 5.74) is -0.427. The molecular weight excluding hydrogens is 214 g/mol. The number of hydrogen-bond donors (Lipinski definition) is 1. The number of carboxylic acids is 1. The van der Waals surface area contributed by atoms with Crippen LogP contribution in [0.25, 0.3) is 0 Å². The molecule has 2 aliphatic carbocycles. The monoisotopic (exact) mass is 239 g/mol. The Hall–Kier alpha value is -0.570. The number of aliphatic carboxylic acids is 1. The first-order valence-corrected chi connectivity index (χ1v) is 7.12. The molecule has 0 aromatic heterocycles. The van der Waals surface area contributed by atoms with E-state index in [1.807, 2.05) is 0 Å². The summed E-state index contributed by atoms with van der Waals surface area (Å²) in [6, 6.07) is 0. The second-order valence-corrected chi connectivity index (χ2v) is 5.97. The lowest BCUT2D eigenvalue weighted by atomic mass is 9.85. The van der Waals surface area contributed by atoms with E-state index in [-0.39, 0.29) is 0 Å². The molecule has 0 unspecified atom stereocenters. The fourth-order valence-corrected chi connectivity index (χ4v) is 3.14. The summed E-state index contributed by atoms with van der Waals surface area (Å²) in [5, 5.41) is 9.50. The fourth-order valence-electron chi connectivity index (χ4n) is 3.14. The number of rotatable bonds is 7. The molecule has 0 aromatic carbocycles. The van der Waals surface area contributed by atoms with E-state index in [9.17, 15) is 9.90 Å². The van der Waals surface area contributed by atoms with Crippen molar-refractivity contribution in [2.75, 3.05) is 19.6 Å². The fraction of sp³-hybridized carbons (Fsp3) is 0.929. The number of carbonyl (C=O) groups is 1. The molecule has 3 heteroatoms. The zero-order valence-corrected chi connectivity index (χ0v) is 11.0. The van der Waals surface area contributed by atoms with Crippen LogP contribution in [0.4, 0.5) is 0 Å². The minimum Gasteiger partial charge on any atom is -0.481 e. The van der Waals surface area contributed by atoms with Crippen molar-refractivity contribution in [3.8, 4) is 0 Å². The molecule has 0 saturated heterocycles. The van der Waals surface area contributed by atoms with Crippen molar-refractivity contribution in [2.24, 2.45) is 11.3 Å². The van der Waals surface area contributed by atoms with Gasteiger partial charge in [-0.2, -0.15) is 0 Å². The van der Waals surface area contributed by atoms with Gasteiger partial charge in [-0.15, -0.1) is 0 Å². The van der Waals surface area contributed by atoms with Gasteiger partial charge in [-0.3, -0.25) is 4.79 Å². The normalized spacial score (nSPS) is 23.2. The first-order valence-electron chi connectivity index (χ1n) is 7.12. The number of hydrogen-bond acceptors (Lipinski definition) is 2. The summed E-state index contributed by atoms with van der Waals surface area (Å²) >= 11 is 0. The van der Waals surface area contributed by atoms with Crippen LogP contribution in [-0.4, -0.2) is 35.6 Å². The third-order valence-electron chi connectivity index (χ3n) is 4.29. The van der Waals surface area contributed by atoms with E-state index in [0.717, 1.165) is 57.7 Å². The van der Waals surface area contributed by atoms with Crippen molar-refractivity contribution in [3.05, 3.63) is 0 Å². The van der Waals surface area contributed by atoms with E-state index >= 15 is 0 Å². The summed E-state index contributed by atoms with van der Waals surface area (Å²) in [7, 11) is 0. The van der Waals surface area contributed by atoms with Gasteiger partial charge in [-0.05, 0) is 44.6 Å². The second-order valence-electron chi connectivity index (χ2n) is 5.97. The third-order valence-corrected chi connectivity index (χ3v) is 4.29. The molecule has 0 heterocycles. The van der Waals surface area contributed by atoms with E-state index in [1.165, 1.54) is 12.8 Å². The molecule has 98 valence electrons. The molecule has 0 bridgehead atoms. The molecule has 0 aromatic rings. The minimum absolute atomic E-state index is 0.427. The molecule has 0 radical (unpaired) electrons. The van der Waals surface area contributed by atoms with Crippen molar-refractivity contribution in [1.29, 1.82) is 0 Å². The maximum absolute atomic E-state index is 11.5. The van der Waals surface area contributed by atoms with Gasteiger partial charge in [-0.1, -0.05) is 19.8 Å². The van der Waals surface area contributed by atoms with E-state index < -0.39 is 11.4 Å². The van der Waals surface area contributed by atoms with Crippen LogP contribution in [0.1, 0.15) is 51.9 Å². The first kappa shape index (κ1) is 12.9. The zero-order valence-electron chi connectivity index (χ0n) is 11.0. The average molecular weight is 239 g/mol. The van der Waals surface area contributed by atoms with E-state index in [0.29, 0.717) is 0 Å². The molecule has 17 heavy (non-hydrogen) atoms. The SMILES string of the molecule is CCCN(CC1CC1)CC1(C(=O)O)CCCC1. The Morgan fingerprint density at radius 3 is 2.47 bits per heavy atom. The Morgan fingerprint density at radius 2 is 2.00 bits per heavy atom. The molecule has 1 N–H and O–H groups in total. The zero-order chi connectivity index (χ0) is 12.3. The van der Waals surface area contributed by atoms with Crippen molar-refractivity contribution < 1.29 is 9.90 Å². The average Bonchev–Trinajstić information content (AvgIpc) is 2.95. The number of nitrogens with zero attached hydrogens (tertiary/aromatic N) is 1. The van der Waals surface area contributed by atoms with Gasteiger partial charge in [0.25, 0.3) is 0 Å². The predicted octanol–water partition coefficient (Wildman–Crippen LogP) is 2.75. The highest BCUT2D eigenvalue weighted by Gasteiger charge is 2.42. The molecular formula is C14H25NO2. The van der Waals surface area contributed by atoms with Gasteiger partial charge in [-0.25, -0.2) is 0 Å². The van der Waals surface area contributed by atoms with Gasteiger partial charge in [0.05, 0.1) is 5.41 Å². The van der Waals surface area contributed by atoms with Crippen LogP contribution in [0, 0.1) is 11.3 Å². The smallest absolute Gasteiger partial charge is 0.310 e. The molecule has 3 nitrogen and oxygen atoms in total. The molecule has 2 rings (SSSR count). The molecule has 2 aliphatic rings. The number of carboxylic acid groups (broad SMARTS) is 1. The lowest BCUT2D eigenvalue weighted by Gasteiger charge is -2.32. The van der Waals surface area contributed by atoms with Crippen LogP contribution in [0.2, 0.25) is 0 Å². The van der Waals surface area contributed by atoms with Gasteiger partial charge < -0.3 is 10.0 Å². The maximum Gasteiger partial charge on any atom is 0.310 e. The van der Waals surface area contributed by atoms with E-state index in [2.05, 4.69) is 11.8 Å². The van der Waals surface area contributed by atoms with E-state index in [4.69, 9.17) is 0 Å². The molecule has 0 spiro atoms. The largest absolute Gasteiger partial charge is 0.481 e. The third kappa shape index (κ3) is 3.21. The van der Waals surface area contributed by atoms with Crippen molar-refractivity contribution >= 4 is 5.97 Å². The van der Waals surface area contributed by atoms with Crippen LogP contribution in [0.3, 0.4) is 0 Å². The first-order chi connectivity index (χ1) is 8.16. The highest BCUT2D eigenvalue weighted by molar-refractivity contribution is 5.75. The topological polar surface area (TPSA) is 40.5 Å². The Morgan fingerprint density at radius 1 is 1.35 bits per heavy atom. The Labute approximate surface area is 104 Å². The minimum atomic E-state index is -0.563. The van der Waals surface area contributed by atoms with Gasteiger partial charge in [0.15, 0.2) is 0 Å². The van der Waals surface area contributed by atoms with Gasteiger partial charge in [0.2, 0.25) is 0 Å².